The van der Waals surface area contributed by atoms with Crippen molar-refractivity contribution in [3.63, 3.8) is 0 Å². The van der Waals surface area contributed by atoms with Gasteiger partial charge in [0.1, 0.15) is 6.10 Å². The smallest absolute Gasteiger partial charge is 0.308 e. The molecule has 0 radical (unpaired) electrons. The van der Waals surface area contributed by atoms with Gasteiger partial charge in [0.05, 0.1) is 37.4 Å². The van der Waals surface area contributed by atoms with Crippen LogP contribution in [0.4, 0.5) is 0 Å². The lowest BCUT2D eigenvalue weighted by atomic mass is 9.98. The van der Waals surface area contributed by atoms with Crippen molar-refractivity contribution in [3.8, 4) is 0 Å². The lowest BCUT2D eigenvalue weighted by molar-refractivity contribution is -0.159. The zero-order chi connectivity index (χ0) is 24.1. The molecule has 1 aromatic carbocycles. The summed E-state index contributed by atoms with van der Waals surface area (Å²) in [5.41, 5.74) is 2.21. The molecule has 184 valence electrons. The maximum atomic E-state index is 12.8. The molecule has 1 fully saturated rings. The van der Waals surface area contributed by atoms with Gasteiger partial charge in [-0.1, -0.05) is 61.4 Å². The maximum absolute atomic E-state index is 12.8. The molecule has 33 heavy (non-hydrogen) atoms. The van der Waals surface area contributed by atoms with Crippen molar-refractivity contribution in [2.45, 2.75) is 103 Å². The van der Waals surface area contributed by atoms with Gasteiger partial charge in [-0.25, -0.2) is 0 Å². The van der Waals surface area contributed by atoms with E-state index < -0.39 is 0 Å². The van der Waals surface area contributed by atoms with Crippen LogP contribution in [0, 0.1) is 0 Å². The summed E-state index contributed by atoms with van der Waals surface area (Å²) >= 11 is 0. The highest BCUT2D eigenvalue weighted by atomic mass is 16.6. The van der Waals surface area contributed by atoms with Gasteiger partial charge in [0.15, 0.2) is 0 Å². The fraction of sp³-hybridized carbons (Fsp3) is 0.607. The Balaban J connectivity index is 1.92. The molecule has 2 rings (SSSR count). The van der Waals surface area contributed by atoms with Crippen molar-refractivity contribution < 1.29 is 23.7 Å². The minimum atomic E-state index is -0.218. The predicted octanol–water partition coefficient (Wildman–Crippen LogP) is 6.17. The number of methoxy groups -OCH3 is 1. The molecule has 0 aliphatic carbocycles. The monoisotopic (exact) mass is 458 g/mol. The third-order valence-electron chi connectivity index (χ3n) is 5.86. The second-order valence-electron chi connectivity index (χ2n) is 9.07. The molecule has 0 bridgehead atoms. The number of esters is 1. The number of carbonyl (C=O) groups excluding carboxylic acids is 1. The Hall–Kier alpha value is -1.95. The van der Waals surface area contributed by atoms with Gasteiger partial charge in [0, 0.05) is 26.4 Å². The van der Waals surface area contributed by atoms with E-state index in [2.05, 4.69) is 25.6 Å². The van der Waals surface area contributed by atoms with Crippen molar-refractivity contribution in [1.82, 2.24) is 0 Å². The number of rotatable bonds is 14. The molecule has 0 spiro atoms. The molecular weight excluding hydrogens is 416 g/mol. The number of carbonyl (C=O) groups is 1. The second-order valence-corrected chi connectivity index (χ2v) is 9.07. The summed E-state index contributed by atoms with van der Waals surface area (Å²) in [5, 5.41) is 0. The molecule has 1 heterocycles. The van der Waals surface area contributed by atoms with Crippen molar-refractivity contribution in [1.29, 1.82) is 0 Å². The zero-order valence-electron chi connectivity index (χ0n) is 20.8. The first-order valence-corrected chi connectivity index (χ1v) is 12.2. The van der Waals surface area contributed by atoms with Gasteiger partial charge >= 0.3 is 5.97 Å². The van der Waals surface area contributed by atoms with Crippen LogP contribution in [0.1, 0.15) is 71.3 Å². The van der Waals surface area contributed by atoms with E-state index in [1.807, 2.05) is 44.2 Å². The molecule has 1 saturated heterocycles. The Labute approximate surface area is 200 Å². The fourth-order valence-electron chi connectivity index (χ4n) is 4.31. The van der Waals surface area contributed by atoms with E-state index in [1.165, 1.54) is 0 Å². The molecule has 0 N–H and O–H groups in total. The van der Waals surface area contributed by atoms with Crippen LogP contribution in [0.2, 0.25) is 0 Å². The summed E-state index contributed by atoms with van der Waals surface area (Å²) in [6, 6.07) is 10.2. The highest BCUT2D eigenvalue weighted by molar-refractivity contribution is 5.70. The SMILES string of the molecule is C=C(C)C[C@@H](C[C@H](CCC)OC(=O)C[C@H]1C[C@@H](OCc2ccccc2)C[C@@H](/C=C/C)O1)OC. The van der Waals surface area contributed by atoms with Gasteiger partial charge in [-0.05, 0) is 32.3 Å². The topological polar surface area (TPSA) is 54.0 Å². The number of hydrogen-bond donors (Lipinski definition) is 0. The van der Waals surface area contributed by atoms with Crippen LogP contribution in [-0.4, -0.2) is 43.6 Å². The Kier molecular flexibility index (Phi) is 12.4. The lowest BCUT2D eigenvalue weighted by Crippen LogP contribution is -2.38. The van der Waals surface area contributed by atoms with Crippen molar-refractivity contribution in [2.75, 3.05) is 7.11 Å². The molecule has 0 aromatic heterocycles. The first-order valence-electron chi connectivity index (χ1n) is 12.2. The van der Waals surface area contributed by atoms with Gasteiger partial charge < -0.3 is 18.9 Å². The molecule has 0 amide bonds. The van der Waals surface area contributed by atoms with E-state index in [9.17, 15) is 4.79 Å². The van der Waals surface area contributed by atoms with Gasteiger partial charge in [-0.15, -0.1) is 6.58 Å². The third-order valence-corrected chi connectivity index (χ3v) is 5.86. The molecule has 1 aliphatic heterocycles. The minimum absolute atomic E-state index is 0.00705. The Morgan fingerprint density at radius 3 is 2.64 bits per heavy atom. The minimum Gasteiger partial charge on any atom is -0.462 e. The number of ether oxygens (including phenoxy) is 4. The van der Waals surface area contributed by atoms with Gasteiger partial charge in [-0.2, -0.15) is 0 Å². The highest BCUT2D eigenvalue weighted by Crippen LogP contribution is 2.27. The molecule has 5 atom stereocenters. The molecular formula is C28H42O5. The van der Waals surface area contributed by atoms with E-state index in [0.717, 1.165) is 36.8 Å². The van der Waals surface area contributed by atoms with Crippen LogP contribution < -0.4 is 0 Å². The van der Waals surface area contributed by atoms with Gasteiger partial charge in [0.25, 0.3) is 0 Å². The highest BCUT2D eigenvalue weighted by Gasteiger charge is 2.31. The van der Waals surface area contributed by atoms with Crippen molar-refractivity contribution in [2.24, 2.45) is 0 Å². The first kappa shape index (κ1) is 27.3. The van der Waals surface area contributed by atoms with Crippen LogP contribution in [0.15, 0.2) is 54.6 Å². The van der Waals surface area contributed by atoms with E-state index in [4.69, 9.17) is 18.9 Å². The van der Waals surface area contributed by atoms with Gasteiger partial charge in [-0.3, -0.25) is 4.79 Å². The summed E-state index contributed by atoms with van der Waals surface area (Å²) in [4.78, 5) is 12.8. The van der Waals surface area contributed by atoms with Crippen LogP contribution in [0.5, 0.6) is 0 Å². The third kappa shape index (κ3) is 10.7. The molecule has 0 saturated carbocycles. The molecule has 5 heteroatoms. The molecule has 0 unspecified atom stereocenters. The summed E-state index contributed by atoms with van der Waals surface area (Å²) in [6.45, 7) is 10.6. The van der Waals surface area contributed by atoms with E-state index in [0.29, 0.717) is 19.4 Å². The largest absolute Gasteiger partial charge is 0.462 e. The summed E-state index contributed by atoms with van der Waals surface area (Å²) in [6.07, 6.45) is 8.56. The van der Waals surface area contributed by atoms with Crippen LogP contribution in [-0.2, 0) is 30.3 Å². The van der Waals surface area contributed by atoms with Crippen molar-refractivity contribution >= 4 is 5.97 Å². The van der Waals surface area contributed by atoms with Crippen LogP contribution in [0.25, 0.3) is 0 Å². The Bertz CT molecular complexity index is 729. The number of allylic oxidation sites excluding steroid dienone is 1. The standard InChI is InChI=1S/C28H42O5/c1-6-11-23-17-26(31-20-22-13-9-8-10-14-22)18-27(32-23)19-28(29)33-24(12-7-2)16-25(30-5)15-21(3)4/h6,8-11,13-14,23-27H,3,7,12,15-20H2,1-2,4-5H3/b11-6+/t23-,24+,25+,26+,27-/m1/s1. The lowest BCUT2D eigenvalue weighted by Gasteiger charge is -2.34. The number of hydrogen-bond acceptors (Lipinski definition) is 5. The van der Waals surface area contributed by atoms with Crippen LogP contribution >= 0.6 is 0 Å². The average Bonchev–Trinajstić information content (AvgIpc) is 2.78. The molecule has 1 aliphatic rings. The van der Waals surface area contributed by atoms with E-state index in [-0.39, 0.29) is 42.9 Å². The molecule has 1 aromatic rings. The Morgan fingerprint density at radius 2 is 2.00 bits per heavy atom. The van der Waals surface area contributed by atoms with Crippen LogP contribution in [0.3, 0.4) is 0 Å². The van der Waals surface area contributed by atoms with Crippen molar-refractivity contribution in [3.05, 3.63) is 60.2 Å². The summed E-state index contributed by atoms with van der Waals surface area (Å²) in [7, 11) is 1.70. The predicted molar refractivity (Wildman–Crippen MR) is 132 cm³/mol. The van der Waals surface area contributed by atoms with E-state index in [1.54, 1.807) is 7.11 Å². The number of benzene rings is 1. The summed E-state index contributed by atoms with van der Waals surface area (Å²) < 4.78 is 23.8. The molecule has 5 nitrogen and oxygen atoms in total. The zero-order valence-corrected chi connectivity index (χ0v) is 20.8. The normalized spacial score (nSPS) is 22.7. The van der Waals surface area contributed by atoms with Gasteiger partial charge in [0.2, 0.25) is 0 Å². The summed E-state index contributed by atoms with van der Waals surface area (Å²) in [5.74, 6) is -0.216. The fourth-order valence-corrected chi connectivity index (χ4v) is 4.31. The second kappa shape index (κ2) is 15.0. The quantitative estimate of drug-likeness (QED) is 0.246. The maximum Gasteiger partial charge on any atom is 0.308 e. The average molecular weight is 459 g/mol. The van der Waals surface area contributed by atoms with E-state index >= 15 is 0 Å². The Morgan fingerprint density at radius 1 is 1.24 bits per heavy atom. The first-order chi connectivity index (χ1) is 15.9.